The zero-order valence-electron chi connectivity index (χ0n) is 10.4. The molecule has 0 amide bonds. The van der Waals surface area contributed by atoms with E-state index in [4.69, 9.17) is 21.4 Å². The molecule has 0 heterocycles. The van der Waals surface area contributed by atoms with Crippen molar-refractivity contribution in [3.8, 4) is 0 Å². The predicted octanol–water partition coefficient (Wildman–Crippen LogP) is 1.61. The minimum Gasteiger partial charge on any atom is -0.480 e. The van der Waals surface area contributed by atoms with E-state index in [2.05, 4.69) is 0 Å². The van der Waals surface area contributed by atoms with Crippen LogP contribution in [-0.4, -0.2) is 35.4 Å². The fourth-order valence-electron chi connectivity index (χ4n) is 1.86. The van der Waals surface area contributed by atoms with Gasteiger partial charge in [-0.15, -0.1) is 0 Å². The largest absolute Gasteiger partial charge is 0.480 e. The topological polar surface area (TPSA) is 83.8 Å². The average molecular weight is 287 g/mol. The number of carbonyl (C=O) groups is 2. The van der Waals surface area contributed by atoms with Gasteiger partial charge < -0.3 is 14.9 Å². The zero-order valence-corrected chi connectivity index (χ0v) is 11.2. The molecule has 0 aliphatic carbocycles. The highest BCUT2D eigenvalue weighted by Crippen LogP contribution is 2.32. The lowest BCUT2D eigenvalue weighted by atomic mass is 9.77. The van der Waals surface area contributed by atoms with Crippen LogP contribution in [0.1, 0.15) is 18.9 Å². The van der Waals surface area contributed by atoms with Crippen LogP contribution in [0.15, 0.2) is 24.3 Å². The van der Waals surface area contributed by atoms with Crippen molar-refractivity contribution >= 4 is 23.5 Å². The number of aliphatic hydroxyl groups excluding tert-OH is 1. The molecule has 0 bridgehead atoms. The highest BCUT2D eigenvalue weighted by molar-refractivity contribution is 6.30. The van der Waals surface area contributed by atoms with Gasteiger partial charge in [-0.05, 0) is 24.6 Å². The fourth-order valence-corrected chi connectivity index (χ4v) is 2.05. The molecule has 0 aliphatic heterocycles. The summed E-state index contributed by atoms with van der Waals surface area (Å²) in [6.07, 6.45) is -0.276. The van der Waals surface area contributed by atoms with E-state index in [0.717, 1.165) is 0 Å². The first-order valence-corrected chi connectivity index (χ1v) is 6.14. The summed E-state index contributed by atoms with van der Waals surface area (Å²) in [7, 11) is 0. The normalized spacial score (nSPS) is 13.6. The number of carboxylic acids is 1. The molecule has 1 aromatic carbocycles. The lowest BCUT2D eigenvalue weighted by Crippen LogP contribution is -2.45. The van der Waals surface area contributed by atoms with E-state index in [1.165, 1.54) is 12.1 Å². The van der Waals surface area contributed by atoms with Crippen LogP contribution in [0.2, 0.25) is 5.02 Å². The van der Waals surface area contributed by atoms with Crippen molar-refractivity contribution in [3.05, 3.63) is 34.9 Å². The van der Waals surface area contributed by atoms with Crippen molar-refractivity contribution in [1.29, 1.82) is 0 Å². The van der Waals surface area contributed by atoms with Crippen LogP contribution in [0.25, 0.3) is 0 Å². The zero-order chi connectivity index (χ0) is 14.5. The Morgan fingerprint density at radius 1 is 1.42 bits per heavy atom. The molecule has 1 aromatic rings. The Bertz CT molecular complexity index is 474. The lowest BCUT2D eigenvalue weighted by molar-refractivity contribution is -0.162. The molecule has 6 heteroatoms. The minimum absolute atomic E-state index is 0.0554. The van der Waals surface area contributed by atoms with Gasteiger partial charge in [0.1, 0.15) is 0 Å². The van der Waals surface area contributed by atoms with Gasteiger partial charge in [-0.3, -0.25) is 9.59 Å². The lowest BCUT2D eigenvalue weighted by Gasteiger charge is -2.27. The number of carboxylic acid groups (broad SMARTS) is 1. The Balaban J connectivity index is 3.39. The van der Waals surface area contributed by atoms with Gasteiger partial charge in [0, 0.05) is 18.1 Å². The molecule has 0 spiro atoms. The van der Waals surface area contributed by atoms with Gasteiger partial charge >= 0.3 is 11.9 Å². The van der Waals surface area contributed by atoms with Crippen molar-refractivity contribution in [2.45, 2.75) is 18.8 Å². The molecule has 19 heavy (non-hydrogen) atoms. The van der Waals surface area contributed by atoms with E-state index < -0.39 is 24.0 Å². The number of aliphatic hydroxyl groups is 1. The second kappa shape index (κ2) is 6.54. The first-order chi connectivity index (χ1) is 8.98. The van der Waals surface area contributed by atoms with Crippen LogP contribution in [0.3, 0.4) is 0 Å². The molecule has 0 saturated heterocycles. The van der Waals surface area contributed by atoms with Gasteiger partial charge in [0.05, 0.1) is 6.61 Å². The number of aliphatic carboxylic acids is 1. The Morgan fingerprint density at radius 2 is 2.11 bits per heavy atom. The summed E-state index contributed by atoms with van der Waals surface area (Å²) in [4.78, 5) is 23.6. The summed E-state index contributed by atoms with van der Waals surface area (Å²) in [5, 5.41) is 18.8. The SMILES string of the molecule is CCOC(=O)C(CCO)(C(=O)O)c1cccc(Cl)c1. The van der Waals surface area contributed by atoms with Crippen LogP contribution in [0.4, 0.5) is 0 Å². The minimum atomic E-state index is -1.93. The third kappa shape index (κ3) is 3.05. The van der Waals surface area contributed by atoms with Gasteiger partial charge in [0.15, 0.2) is 5.41 Å². The molecule has 1 atom stereocenters. The van der Waals surface area contributed by atoms with Crippen molar-refractivity contribution in [1.82, 2.24) is 0 Å². The van der Waals surface area contributed by atoms with Crippen LogP contribution in [-0.2, 0) is 19.7 Å². The molecular weight excluding hydrogens is 272 g/mol. The molecule has 1 unspecified atom stereocenters. The predicted molar refractivity (Wildman–Crippen MR) is 69.1 cm³/mol. The summed E-state index contributed by atoms with van der Waals surface area (Å²) in [6, 6.07) is 5.99. The maximum Gasteiger partial charge on any atom is 0.328 e. The van der Waals surface area contributed by atoms with Crippen LogP contribution >= 0.6 is 11.6 Å². The molecule has 0 fully saturated rings. The summed E-state index contributed by atoms with van der Waals surface area (Å²) in [6.45, 7) is 1.18. The van der Waals surface area contributed by atoms with E-state index in [9.17, 15) is 14.7 Å². The van der Waals surface area contributed by atoms with Crippen molar-refractivity contribution in [2.75, 3.05) is 13.2 Å². The number of benzene rings is 1. The maximum atomic E-state index is 12.1. The van der Waals surface area contributed by atoms with Gasteiger partial charge in [-0.25, -0.2) is 0 Å². The third-order valence-corrected chi connectivity index (χ3v) is 3.03. The number of hydrogen-bond donors (Lipinski definition) is 2. The molecular formula is C13H15ClO5. The summed E-state index contributed by atoms with van der Waals surface area (Å²) >= 11 is 5.83. The molecule has 104 valence electrons. The molecule has 0 aliphatic rings. The maximum absolute atomic E-state index is 12.1. The second-order valence-corrected chi connectivity index (χ2v) is 4.35. The number of carbonyl (C=O) groups excluding carboxylic acids is 1. The van der Waals surface area contributed by atoms with E-state index >= 15 is 0 Å². The molecule has 1 rings (SSSR count). The molecule has 0 radical (unpaired) electrons. The smallest absolute Gasteiger partial charge is 0.328 e. The summed E-state index contributed by atoms with van der Waals surface area (Å²) < 4.78 is 4.84. The molecule has 2 N–H and O–H groups in total. The Morgan fingerprint density at radius 3 is 2.58 bits per heavy atom. The number of ether oxygens (including phenoxy) is 1. The third-order valence-electron chi connectivity index (χ3n) is 2.79. The van der Waals surface area contributed by atoms with E-state index in [-0.39, 0.29) is 18.6 Å². The summed E-state index contributed by atoms with van der Waals surface area (Å²) in [5.41, 5.74) is -1.74. The fraction of sp³-hybridized carbons (Fsp3) is 0.385. The quantitative estimate of drug-likeness (QED) is 0.613. The first-order valence-electron chi connectivity index (χ1n) is 5.76. The Labute approximate surface area is 115 Å². The van der Waals surface area contributed by atoms with Crippen molar-refractivity contribution < 1.29 is 24.5 Å². The number of halogens is 1. The number of esters is 1. The number of rotatable bonds is 6. The van der Waals surface area contributed by atoms with Crippen LogP contribution < -0.4 is 0 Å². The monoisotopic (exact) mass is 286 g/mol. The standard InChI is InChI=1S/C13H15ClO5/c1-2-19-12(18)13(6-7-15,11(16)17)9-4-3-5-10(14)8-9/h3-5,8,15H,2,6-7H2,1H3,(H,16,17). The van der Waals surface area contributed by atoms with Crippen molar-refractivity contribution in [3.63, 3.8) is 0 Å². The van der Waals surface area contributed by atoms with Crippen molar-refractivity contribution in [2.24, 2.45) is 0 Å². The van der Waals surface area contributed by atoms with Crippen LogP contribution in [0.5, 0.6) is 0 Å². The first kappa shape index (κ1) is 15.5. The van der Waals surface area contributed by atoms with E-state index in [1.54, 1.807) is 19.1 Å². The Hall–Kier alpha value is -1.59. The summed E-state index contributed by atoms with van der Waals surface area (Å²) in [5.74, 6) is -2.28. The van der Waals surface area contributed by atoms with Gasteiger partial charge in [0.2, 0.25) is 0 Å². The van der Waals surface area contributed by atoms with Gasteiger partial charge in [-0.1, -0.05) is 23.7 Å². The molecule has 0 aromatic heterocycles. The Kier molecular flexibility index (Phi) is 5.32. The van der Waals surface area contributed by atoms with Gasteiger partial charge in [-0.2, -0.15) is 0 Å². The van der Waals surface area contributed by atoms with E-state index in [1.807, 2.05) is 0 Å². The molecule has 0 saturated carbocycles. The molecule has 5 nitrogen and oxygen atoms in total. The highest BCUT2D eigenvalue weighted by atomic mass is 35.5. The van der Waals surface area contributed by atoms with Gasteiger partial charge in [0.25, 0.3) is 0 Å². The number of hydrogen-bond acceptors (Lipinski definition) is 4. The highest BCUT2D eigenvalue weighted by Gasteiger charge is 2.49. The average Bonchev–Trinajstić information content (AvgIpc) is 2.35. The van der Waals surface area contributed by atoms with Crippen LogP contribution in [0, 0.1) is 0 Å². The second-order valence-electron chi connectivity index (χ2n) is 3.91. The van der Waals surface area contributed by atoms with E-state index in [0.29, 0.717) is 5.02 Å².